The molecule has 348 valence electrons. The van der Waals surface area contributed by atoms with Crippen LogP contribution in [0, 0.1) is 0 Å². The molecule has 2 fully saturated rings. The molecule has 0 bridgehead atoms. The zero-order valence-corrected chi connectivity index (χ0v) is 36.4. The fourth-order valence-corrected chi connectivity index (χ4v) is 6.86. The summed E-state index contributed by atoms with van der Waals surface area (Å²) < 4.78 is 34.0. The first-order valence-electron chi connectivity index (χ1n) is 22.7. The molecule has 0 aliphatic carbocycles. The average Bonchev–Trinajstić information content (AvgIpc) is 3.24. The molecule has 0 radical (unpaired) electrons. The number of aliphatic hydroxyl groups is 7. The summed E-state index contributed by atoms with van der Waals surface area (Å²) in [5, 5.41) is 71.7. The first kappa shape index (κ1) is 54.1. The van der Waals surface area contributed by atoms with Crippen molar-refractivity contribution in [1.82, 2.24) is 0 Å². The topological polar surface area (TPSA) is 214 Å². The van der Waals surface area contributed by atoms with E-state index in [0.29, 0.717) is 13.0 Å². The number of rotatable bonds is 34. The van der Waals surface area contributed by atoms with Crippen LogP contribution in [0.4, 0.5) is 0 Å². The number of ether oxygens (including phenoxy) is 6. The van der Waals surface area contributed by atoms with Crippen LogP contribution < -0.4 is 0 Å². The first-order chi connectivity index (χ1) is 29.1. The molecule has 0 amide bonds. The largest absolute Gasteiger partial charge is 0.457 e. The summed E-state index contributed by atoms with van der Waals surface area (Å²) in [7, 11) is 0. The molecule has 2 saturated heterocycles. The Morgan fingerprint density at radius 1 is 0.567 bits per heavy atom. The van der Waals surface area contributed by atoms with Crippen molar-refractivity contribution in [3.05, 3.63) is 48.6 Å². The third-order valence-corrected chi connectivity index (χ3v) is 10.6. The summed E-state index contributed by atoms with van der Waals surface area (Å²) in [6, 6.07) is 0. The lowest BCUT2D eigenvalue weighted by atomic mass is 9.98. The van der Waals surface area contributed by atoms with Crippen molar-refractivity contribution < 1.29 is 69.0 Å². The molecule has 2 heterocycles. The standard InChI is InChI=1S/C46H80O14/c1-3-5-7-9-11-12-13-14-15-16-17-18-19-20-21-22-23-24-26-28-30-55-32-35(58-38(48)29-27-25-10-8-6-4-2)33-56-45-44(54)42(52)40(50)37(60-45)34-57-46-43(53)41(51)39(49)36(31-47)59-46/h5,7,11-12,14-15,17-18,35-37,39-47,49-54H,3-4,6,8-10,13,16,19-34H2,1-2H3/b7-5-,12-11-,15-14-,18-17-. The van der Waals surface area contributed by atoms with E-state index in [9.17, 15) is 40.5 Å². The van der Waals surface area contributed by atoms with E-state index < -0.39 is 86.7 Å². The van der Waals surface area contributed by atoms with Gasteiger partial charge in [-0.05, 0) is 51.4 Å². The molecule has 0 spiro atoms. The van der Waals surface area contributed by atoms with Crippen molar-refractivity contribution in [2.75, 3.05) is 33.0 Å². The van der Waals surface area contributed by atoms with Crippen LogP contribution in [0.3, 0.4) is 0 Å². The molecule has 11 atom stereocenters. The van der Waals surface area contributed by atoms with Gasteiger partial charge in [-0.15, -0.1) is 0 Å². The summed E-state index contributed by atoms with van der Waals surface area (Å²) in [5.41, 5.74) is 0. The third-order valence-electron chi connectivity index (χ3n) is 10.6. The second-order valence-corrected chi connectivity index (χ2v) is 15.8. The lowest BCUT2D eigenvalue weighted by Crippen LogP contribution is -2.61. The Bertz CT molecular complexity index is 1180. The van der Waals surface area contributed by atoms with Crippen LogP contribution >= 0.6 is 0 Å². The van der Waals surface area contributed by atoms with Gasteiger partial charge in [-0.25, -0.2) is 0 Å². The molecule has 2 rings (SSSR count). The second-order valence-electron chi connectivity index (χ2n) is 15.8. The van der Waals surface area contributed by atoms with E-state index in [0.717, 1.165) is 83.5 Å². The Hall–Kier alpha value is -2.05. The van der Waals surface area contributed by atoms with Gasteiger partial charge in [0.1, 0.15) is 54.9 Å². The minimum absolute atomic E-state index is 0.0528. The van der Waals surface area contributed by atoms with Crippen LogP contribution in [0.15, 0.2) is 48.6 Å². The lowest BCUT2D eigenvalue weighted by molar-refractivity contribution is -0.332. The van der Waals surface area contributed by atoms with Gasteiger partial charge in [0, 0.05) is 13.0 Å². The SMILES string of the molecule is CC/C=C\C/C=C\C/C=C\C/C=C\CCCCCCCCCOCC(COC1OC(COC2OC(CO)C(O)C(O)C2O)C(O)C(O)C1O)OC(=O)CCCCCCCC. The predicted octanol–water partition coefficient (Wildman–Crippen LogP) is 5.23. The maximum Gasteiger partial charge on any atom is 0.306 e. The van der Waals surface area contributed by atoms with Gasteiger partial charge in [0.25, 0.3) is 0 Å². The molecule has 14 heteroatoms. The number of carbonyl (C=O) groups is 1. The highest BCUT2D eigenvalue weighted by Crippen LogP contribution is 2.26. The Kier molecular flexibility index (Phi) is 31.0. The maximum absolute atomic E-state index is 12.8. The van der Waals surface area contributed by atoms with Gasteiger partial charge in [-0.2, -0.15) is 0 Å². The third kappa shape index (κ3) is 22.9. The smallest absolute Gasteiger partial charge is 0.306 e. The van der Waals surface area contributed by atoms with Gasteiger partial charge in [0.05, 0.1) is 26.4 Å². The van der Waals surface area contributed by atoms with E-state index >= 15 is 0 Å². The molecule has 0 aromatic heterocycles. The number of aliphatic hydroxyl groups excluding tert-OH is 7. The van der Waals surface area contributed by atoms with Gasteiger partial charge in [-0.1, -0.05) is 127 Å². The van der Waals surface area contributed by atoms with Gasteiger partial charge in [-0.3, -0.25) is 4.79 Å². The molecule has 0 saturated carbocycles. The minimum Gasteiger partial charge on any atom is -0.457 e. The quantitative estimate of drug-likeness (QED) is 0.0251. The molecule has 0 aromatic carbocycles. The molecular formula is C46H80O14. The monoisotopic (exact) mass is 857 g/mol. The van der Waals surface area contributed by atoms with Crippen LogP contribution in [0.5, 0.6) is 0 Å². The summed E-state index contributed by atoms with van der Waals surface area (Å²) in [4.78, 5) is 12.8. The lowest BCUT2D eigenvalue weighted by Gasteiger charge is -2.42. The molecule has 14 nitrogen and oxygen atoms in total. The number of esters is 1. The second kappa shape index (κ2) is 34.4. The summed E-state index contributed by atoms with van der Waals surface area (Å²) >= 11 is 0. The van der Waals surface area contributed by atoms with Crippen molar-refractivity contribution in [1.29, 1.82) is 0 Å². The fraction of sp³-hybridized carbons (Fsp3) is 0.804. The zero-order chi connectivity index (χ0) is 43.8. The van der Waals surface area contributed by atoms with Crippen LogP contribution in [-0.2, 0) is 33.2 Å². The predicted molar refractivity (Wildman–Crippen MR) is 229 cm³/mol. The van der Waals surface area contributed by atoms with E-state index in [2.05, 4.69) is 62.5 Å². The Morgan fingerprint density at radius 3 is 1.70 bits per heavy atom. The van der Waals surface area contributed by atoms with E-state index in [1.807, 2.05) is 0 Å². The Labute approximate surface area is 359 Å². The number of allylic oxidation sites excluding steroid dienone is 8. The zero-order valence-electron chi connectivity index (χ0n) is 36.4. The van der Waals surface area contributed by atoms with E-state index in [4.69, 9.17) is 28.4 Å². The summed E-state index contributed by atoms with van der Waals surface area (Å²) in [6.07, 6.45) is 20.8. The number of carbonyl (C=O) groups excluding carboxylic acids is 1. The summed E-state index contributed by atoms with van der Waals surface area (Å²) in [5.74, 6) is -0.393. The molecule has 2 aliphatic heterocycles. The molecule has 7 N–H and O–H groups in total. The number of unbranched alkanes of at least 4 members (excludes halogenated alkanes) is 12. The van der Waals surface area contributed by atoms with Gasteiger partial charge in [0.2, 0.25) is 0 Å². The Morgan fingerprint density at radius 2 is 1.08 bits per heavy atom. The summed E-state index contributed by atoms with van der Waals surface area (Å²) in [6.45, 7) is 3.45. The van der Waals surface area contributed by atoms with Crippen molar-refractivity contribution in [3.63, 3.8) is 0 Å². The van der Waals surface area contributed by atoms with Gasteiger partial charge in [0.15, 0.2) is 12.6 Å². The van der Waals surface area contributed by atoms with E-state index in [1.165, 1.54) is 25.7 Å². The number of hydrogen-bond donors (Lipinski definition) is 7. The molecule has 60 heavy (non-hydrogen) atoms. The van der Waals surface area contributed by atoms with E-state index in [1.54, 1.807) is 0 Å². The maximum atomic E-state index is 12.8. The highest BCUT2D eigenvalue weighted by molar-refractivity contribution is 5.69. The van der Waals surface area contributed by atoms with Gasteiger partial charge < -0.3 is 64.2 Å². The van der Waals surface area contributed by atoms with Gasteiger partial charge >= 0.3 is 5.97 Å². The molecular weight excluding hydrogens is 776 g/mol. The van der Waals surface area contributed by atoms with Crippen molar-refractivity contribution >= 4 is 5.97 Å². The van der Waals surface area contributed by atoms with Crippen molar-refractivity contribution in [3.8, 4) is 0 Å². The van der Waals surface area contributed by atoms with Crippen molar-refractivity contribution in [2.45, 2.75) is 203 Å². The normalized spacial score (nSPS) is 28.1. The average molecular weight is 857 g/mol. The van der Waals surface area contributed by atoms with Crippen LogP contribution in [-0.4, -0.2) is 142 Å². The fourth-order valence-electron chi connectivity index (χ4n) is 6.86. The van der Waals surface area contributed by atoms with Crippen LogP contribution in [0.1, 0.15) is 136 Å². The highest BCUT2D eigenvalue weighted by Gasteiger charge is 2.47. The minimum atomic E-state index is -1.71. The molecule has 2 aliphatic rings. The van der Waals surface area contributed by atoms with E-state index in [-0.39, 0.29) is 19.6 Å². The Balaban J connectivity index is 1.73. The van der Waals surface area contributed by atoms with Crippen LogP contribution in [0.2, 0.25) is 0 Å². The highest BCUT2D eigenvalue weighted by atomic mass is 16.7. The molecule has 0 aromatic rings. The number of hydrogen-bond acceptors (Lipinski definition) is 14. The van der Waals surface area contributed by atoms with Crippen LogP contribution in [0.25, 0.3) is 0 Å². The molecule has 11 unspecified atom stereocenters. The van der Waals surface area contributed by atoms with Crippen molar-refractivity contribution in [2.24, 2.45) is 0 Å². The first-order valence-corrected chi connectivity index (χ1v) is 22.7.